The predicted octanol–water partition coefficient (Wildman–Crippen LogP) is 3.61. The van der Waals surface area contributed by atoms with Crippen LogP contribution in [-0.2, 0) is 6.54 Å². The van der Waals surface area contributed by atoms with E-state index in [0.29, 0.717) is 22.2 Å². The van der Waals surface area contributed by atoms with Crippen molar-refractivity contribution in [2.75, 3.05) is 0 Å². The van der Waals surface area contributed by atoms with Gasteiger partial charge in [-0.2, -0.15) is 23.4 Å². The maximum Gasteiger partial charge on any atom is 0.408 e. The molecular weight excluding hydrogens is 487 g/mol. The third-order valence-electron chi connectivity index (χ3n) is 6.17. The molecule has 1 saturated carbocycles. The van der Waals surface area contributed by atoms with Crippen LogP contribution in [-0.4, -0.2) is 40.5 Å². The third-order valence-corrected chi connectivity index (χ3v) is 6.42. The fraction of sp³-hybridized carbons (Fsp3) is 0.227. The monoisotopic (exact) mass is 501 g/mol. The van der Waals surface area contributed by atoms with Gasteiger partial charge in [-0.25, -0.2) is 14.3 Å². The minimum absolute atomic E-state index is 0.0176. The summed E-state index contributed by atoms with van der Waals surface area (Å²) in [7, 11) is 0. The molecule has 5 aromatic rings. The van der Waals surface area contributed by atoms with Gasteiger partial charge in [-0.1, -0.05) is 23.7 Å². The Kier molecular flexibility index (Phi) is 4.65. The van der Waals surface area contributed by atoms with Gasteiger partial charge < -0.3 is 4.98 Å². The standard InChI is InChI=1S/C22H15ClF3N7O2/c23-18-8-27-19-14(5-16(31-33(18)19)15-7-28-21(35)30-20(15)34)13-4-12(13)10-1-2-11-6-29-32(17(11)3-10)9-22(24,25)26/h1-3,5-8,12-13H,4,9H2,(H2,28,30,34,35)/t12-,13?/m0/s1. The first-order valence-corrected chi connectivity index (χ1v) is 10.9. The zero-order valence-electron chi connectivity index (χ0n) is 17.7. The Balaban J connectivity index is 1.41. The van der Waals surface area contributed by atoms with Gasteiger partial charge in [0.05, 0.1) is 29.2 Å². The lowest BCUT2D eigenvalue weighted by Crippen LogP contribution is -2.23. The van der Waals surface area contributed by atoms with E-state index in [1.807, 2.05) is 6.07 Å². The molecule has 1 fully saturated rings. The van der Waals surface area contributed by atoms with Crippen molar-refractivity contribution in [3.8, 4) is 11.3 Å². The lowest BCUT2D eigenvalue weighted by molar-refractivity contribution is -0.141. The molecule has 1 aliphatic carbocycles. The van der Waals surface area contributed by atoms with Gasteiger partial charge in [0.2, 0.25) is 0 Å². The number of alkyl halides is 3. The first-order chi connectivity index (χ1) is 16.7. The molecule has 1 unspecified atom stereocenters. The van der Waals surface area contributed by atoms with Crippen molar-refractivity contribution >= 4 is 28.2 Å². The molecule has 178 valence electrons. The van der Waals surface area contributed by atoms with E-state index in [1.165, 1.54) is 23.1 Å². The van der Waals surface area contributed by atoms with Crippen LogP contribution in [0.2, 0.25) is 5.15 Å². The molecule has 35 heavy (non-hydrogen) atoms. The van der Waals surface area contributed by atoms with E-state index in [-0.39, 0.29) is 22.6 Å². The zero-order valence-corrected chi connectivity index (χ0v) is 18.4. The molecule has 4 aromatic heterocycles. The molecular formula is C22H15ClF3N7O2. The first kappa shape index (κ1) is 21.6. The molecule has 1 aliphatic rings. The van der Waals surface area contributed by atoms with Gasteiger partial charge in [0.15, 0.2) is 10.8 Å². The molecule has 6 rings (SSSR count). The van der Waals surface area contributed by atoms with Gasteiger partial charge in [-0.3, -0.25) is 14.5 Å². The van der Waals surface area contributed by atoms with Crippen molar-refractivity contribution in [1.29, 1.82) is 0 Å². The number of benzene rings is 1. The molecule has 0 bridgehead atoms. The Hall–Kier alpha value is -3.93. The Bertz CT molecular complexity index is 1730. The SMILES string of the molecule is O=c1[nH]cc(-c2cc(C3C[C@H]3c3ccc4cnn(CC(F)(F)F)c4c3)c3ncc(Cl)n3n2)c(=O)[nH]1. The molecule has 0 radical (unpaired) electrons. The molecule has 2 N–H and O–H groups in total. The predicted molar refractivity (Wildman–Crippen MR) is 121 cm³/mol. The first-order valence-electron chi connectivity index (χ1n) is 10.6. The van der Waals surface area contributed by atoms with Gasteiger partial charge in [0.25, 0.3) is 5.56 Å². The molecule has 0 saturated heterocycles. The highest BCUT2D eigenvalue weighted by atomic mass is 35.5. The molecule has 0 aliphatic heterocycles. The fourth-order valence-corrected chi connectivity index (χ4v) is 4.66. The maximum atomic E-state index is 12.9. The van der Waals surface area contributed by atoms with Crippen LogP contribution in [0.5, 0.6) is 0 Å². The summed E-state index contributed by atoms with van der Waals surface area (Å²) in [6.45, 7) is -1.16. The molecule has 1 aromatic carbocycles. The van der Waals surface area contributed by atoms with E-state index in [0.717, 1.165) is 22.2 Å². The van der Waals surface area contributed by atoms with E-state index in [9.17, 15) is 22.8 Å². The Morgan fingerprint density at radius 3 is 2.74 bits per heavy atom. The second-order valence-electron chi connectivity index (χ2n) is 8.47. The molecule has 0 spiro atoms. The van der Waals surface area contributed by atoms with Crippen molar-refractivity contribution in [3.63, 3.8) is 0 Å². The second kappa shape index (κ2) is 7.54. The number of imidazole rings is 1. The van der Waals surface area contributed by atoms with E-state index < -0.39 is 24.0 Å². The maximum absolute atomic E-state index is 12.9. The number of halogens is 4. The number of aromatic amines is 2. The number of aromatic nitrogens is 7. The molecule has 4 heterocycles. The largest absolute Gasteiger partial charge is 0.408 e. The van der Waals surface area contributed by atoms with E-state index >= 15 is 0 Å². The number of rotatable bonds is 4. The quantitative estimate of drug-likeness (QED) is 0.390. The van der Waals surface area contributed by atoms with Gasteiger partial charge in [0, 0.05) is 17.1 Å². The van der Waals surface area contributed by atoms with Crippen LogP contribution in [0.3, 0.4) is 0 Å². The highest BCUT2D eigenvalue weighted by Gasteiger charge is 2.42. The second-order valence-corrected chi connectivity index (χ2v) is 8.86. The summed E-state index contributed by atoms with van der Waals surface area (Å²) in [5, 5.41) is 9.17. The van der Waals surface area contributed by atoms with Crippen LogP contribution in [0.25, 0.3) is 27.8 Å². The van der Waals surface area contributed by atoms with Gasteiger partial charge in [0.1, 0.15) is 6.54 Å². The van der Waals surface area contributed by atoms with Crippen LogP contribution in [0.4, 0.5) is 13.2 Å². The highest BCUT2D eigenvalue weighted by molar-refractivity contribution is 6.29. The Morgan fingerprint density at radius 1 is 1.14 bits per heavy atom. The summed E-state index contributed by atoms with van der Waals surface area (Å²) in [5.41, 5.74) is 1.83. The third kappa shape index (κ3) is 3.79. The molecule has 13 heteroatoms. The molecule has 2 atom stereocenters. The van der Waals surface area contributed by atoms with Gasteiger partial charge in [-0.05, 0) is 36.0 Å². The summed E-state index contributed by atoms with van der Waals surface area (Å²) >= 11 is 6.26. The minimum atomic E-state index is -4.38. The van der Waals surface area contributed by atoms with E-state index in [2.05, 4.69) is 25.1 Å². The molecule has 9 nitrogen and oxygen atoms in total. The van der Waals surface area contributed by atoms with Crippen LogP contribution < -0.4 is 11.2 Å². The summed E-state index contributed by atoms with van der Waals surface area (Å²) in [6, 6.07) is 7.12. The average molecular weight is 502 g/mol. The topological polar surface area (TPSA) is 114 Å². The van der Waals surface area contributed by atoms with Crippen molar-refractivity contribution in [1.82, 2.24) is 34.3 Å². The normalized spacial score (nSPS) is 17.9. The van der Waals surface area contributed by atoms with E-state index in [4.69, 9.17) is 11.6 Å². The molecule has 0 amide bonds. The number of fused-ring (bicyclic) bond motifs is 2. The van der Waals surface area contributed by atoms with E-state index in [1.54, 1.807) is 18.2 Å². The van der Waals surface area contributed by atoms with Crippen LogP contribution >= 0.6 is 11.6 Å². The Labute approximate surface area is 198 Å². The van der Waals surface area contributed by atoms with Gasteiger partial charge in [-0.15, -0.1) is 0 Å². The van der Waals surface area contributed by atoms with Crippen molar-refractivity contribution < 1.29 is 13.2 Å². The highest BCUT2D eigenvalue weighted by Crippen LogP contribution is 2.56. The fourth-order valence-electron chi connectivity index (χ4n) is 4.49. The summed E-state index contributed by atoms with van der Waals surface area (Å²) in [6.07, 6.45) is 0.500. The van der Waals surface area contributed by atoms with Crippen LogP contribution in [0.15, 0.2) is 52.4 Å². The van der Waals surface area contributed by atoms with Gasteiger partial charge >= 0.3 is 11.9 Å². The van der Waals surface area contributed by atoms with Crippen LogP contribution in [0, 0.1) is 0 Å². The summed E-state index contributed by atoms with van der Waals surface area (Å²) < 4.78 is 41.2. The van der Waals surface area contributed by atoms with Crippen molar-refractivity contribution in [2.24, 2.45) is 0 Å². The van der Waals surface area contributed by atoms with Crippen molar-refractivity contribution in [2.45, 2.75) is 31.0 Å². The number of nitrogens with one attached hydrogen (secondary N) is 2. The number of nitrogens with zero attached hydrogens (tertiary/aromatic N) is 5. The lowest BCUT2D eigenvalue weighted by atomic mass is 10.0. The lowest BCUT2D eigenvalue weighted by Gasteiger charge is -2.09. The number of H-pyrrole nitrogens is 2. The number of hydrogen-bond acceptors (Lipinski definition) is 5. The smallest absolute Gasteiger partial charge is 0.313 e. The Morgan fingerprint density at radius 2 is 1.97 bits per heavy atom. The number of hydrogen-bond donors (Lipinski definition) is 2. The van der Waals surface area contributed by atoms with Crippen molar-refractivity contribution in [3.05, 3.63) is 80.0 Å². The van der Waals surface area contributed by atoms with Crippen LogP contribution in [0.1, 0.15) is 29.4 Å². The minimum Gasteiger partial charge on any atom is -0.313 e. The average Bonchev–Trinajstić information content (AvgIpc) is 3.38. The summed E-state index contributed by atoms with van der Waals surface area (Å²) in [5.74, 6) is 0.00743. The summed E-state index contributed by atoms with van der Waals surface area (Å²) in [4.78, 5) is 32.7. The zero-order chi connectivity index (χ0) is 24.5.